The number of hydrogen-bond donors (Lipinski definition) is 0. The van der Waals surface area contributed by atoms with Crippen LogP contribution in [0.4, 0.5) is 0 Å². The minimum absolute atomic E-state index is 0.479. The predicted molar refractivity (Wildman–Crippen MR) is 23.3 cm³/mol. The van der Waals surface area contributed by atoms with Crippen LogP contribution in [-0.2, 0) is 0 Å². The second-order valence-corrected chi connectivity index (χ2v) is 9.00. The van der Waals surface area contributed by atoms with Gasteiger partial charge in [-0.2, -0.15) is 0 Å². The van der Waals surface area contributed by atoms with Crippen LogP contribution >= 0.6 is 0 Å². The van der Waals surface area contributed by atoms with Crippen LogP contribution in [0.25, 0.3) is 0 Å². The summed E-state index contributed by atoms with van der Waals surface area (Å²) in [6, 6.07) is 0. The Morgan fingerprint density at radius 2 is 1.00 bits per heavy atom. The fourth-order valence-corrected chi connectivity index (χ4v) is 0. The quantitative estimate of drug-likeness (QED) is 0.418. The Hall–Kier alpha value is 0.636. The summed E-state index contributed by atoms with van der Waals surface area (Å²) in [5, 5.41) is 0. The van der Waals surface area contributed by atoms with E-state index in [0.717, 1.165) is 0 Å². The molecule has 0 spiro atoms. The Morgan fingerprint density at radius 1 is 1.00 bits per heavy atom. The number of rotatable bonds is 0. The second-order valence-electron chi connectivity index (χ2n) is 1.73. The summed E-state index contributed by atoms with van der Waals surface area (Å²) in [6.45, 7) is 0. The van der Waals surface area contributed by atoms with Crippen molar-refractivity contribution in [2.45, 2.75) is 16.4 Å². The standard InChI is InChI=1S/3CH3.Ga/h3*1H3;. The third-order valence-corrected chi connectivity index (χ3v) is 0. The van der Waals surface area contributed by atoms with E-state index in [4.69, 9.17) is 0 Å². The molecule has 0 aliphatic heterocycles. The van der Waals surface area contributed by atoms with E-state index in [-0.39, 0.29) is 0 Å². The van der Waals surface area contributed by atoms with Crippen molar-refractivity contribution >= 4 is 16.2 Å². The Bertz CT molecular complexity index is 8.00. The van der Waals surface area contributed by atoms with Crippen molar-refractivity contribution in [3.8, 4) is 0 Å². The first-order chi connectivity index (χ1) is 1.73. The van der Waals surface area contributed by atoms with Crippen LogP contribution in [0.1, 0.15) is 0 Å². The van der Waals surface area contributed by atoms with Gasteiger partial charge in [-0.15, -0.1) is 0 Å². The van der Waals surface area contributed by atoms with Gasteiger partial charge in [0.25, 0.3) is 0 Å². The van der Waals surface area contributed by atoms with Crippen LogP contribution in [0.2, 0.25) is 16.4 Å². The summed E-state index contributed by atoms with van der Waals surface area (Å²) in [6.07, 6.45) is 0. The summed E-state index contributed by atoms with van der Waals surface area (Å²) < 4.78 is 0. The van der Waals surface area contributed by atoms with E-state index < -0.39 is 16.2 Å². The summed E-state index contributed by atoms with van der Waals surface area (Å²) in [5.74, 6) is 0. The summed E-state index contributed by atoms with van der Waals surface area (Å²) in [5.41, 5.74) is 7.06. The fourth-order valence-electron chi connectivity index (χ4n) is 0. The molecule has 0 aromatic heterocycles. The average Bonchev–Trinajstić information content (AvgIpc) is 0.811. The molecular weight excluding hydrogens is 106 g/mol. The fraction of sp³-hybridized carbons (Fsp3) is 1.00. The Morgan fingerprint density at radius 3 is 1.00 bits per heavy atom. The maximum absolute atomic E-state index is 2.35. The van der Waals surface area contributed by atoms with Gasteiger partial charge in [0.2, 0.25) is 0 Å². The first-order valence-electron chi connectivity index (χ1n) is 1.73. The van der Waals surface area contributed by atoms with Crippen molar-refractivity contribution in [2.24, 2.45) is 0 Å². The topological polar surface area (TPSA) is 0 Å². The zero-order valence-electron chi connectivity index (χ0n) is 3.58. The molecule has 24 valence electrons. The second kappa shape index (κ2) is 1.91. The first-order valence-corrected chi connectivity index (χ1v) is 9.00. The Labute approximate surface area is 33.2 Å². The number of hydrogen-bond acceptors (Lipinski definition) is 0. The van der Waals surface area contributed by atoms with Crippen LogP contribution < -0.4 is 0 Å². The molecule has 0 aliphatic rings. The van der Waals surface area contributed by atoms with E-state index in [9.17, 15) is 0 Å². The van der Waals surface area contributed by atoms with Crippen molar-refractivity contribution < 1.29 is 0 Å². The van der Waals surface area contributed by atoms with E-state index >= 15 is 0 Å². The summed E-state index contributed by atoms with van der Waals surface area (Å²) in [4.78, 5) is 0. The molecule has 0 aliphatic carbocycles. The first kappa shape index (κ1) is 4.64. The average molecular weight is 115 g/mol. The van der Waals surface area contributed by atoms with E-state index in [1.807, 2.05) is 0 Å². The van der Waals surface area contributed by atoms with Gasteiger partial charge in [0.05, 0.1) is 0 Å². The molecule has 0 bridgehead atoms. The minimum atomic E-state index is -0.479. The zero-order chi connectivity index (χ0) is 3.58. The maximum atomic E-state index is 2.35. The van der Waals surface area contributed by atoms with Gasteiger partial charge in [-0.05, 0) is 0 Å². The van der Waals surface area contributed by atoms with Crippen LogP contribution in [-0.4, -0.2) is 16.2 Å². The molecule has 4 heavy (non-hydrogen) atoms. The molecule has 0 amide bonds. The molecule has 0 aromatic rings. The van der Waals surface area contributed by atoms with Crippen molar-refractivity contribution in [1.29, 1.82) is 0 Å². The molecule has 1 heteroatoms. The van der Waals surface area contributed by atoms with Crippen LogP contribution in [0.3, 0.4) is 0 Å². The molecule has 0 atom stereocenters. The molecule has 0 radical (unpaired) electrons. The molecule has 0 N–H and O–H groups in total. The van der Waals surface area contributed by atoms with Gasteiger partial charge in [0.15, 0.2) is 0 Å². The van der Waals surface area contributed by atoms with E-state index in [0.29, 0.717) is 0 Å². The SMILES string of the molecule is [CH3][Ga]([CH3])[CH3]. The Kier molecular flexibility index (Phi) is 2.22. The van der Waals surface area contributed by atoms with Crippen LogP contribution in [0.5, 0.6) is 0 Å². The van der Waals surface area contributed by atoms with Crippen molar-refractivity contribution in [3.05, 3.63) is 0 Å². The van der Waals surface area contributed by atoms with E-state index in [2.05, 4.69) is 16.4 Å². The molecule has 0 saturated carbocycles. The van der Waals surface area contributed by atoms with Crippen LogP contribution in [0, 0.1) is 0 Å². The van der Waals surface area contributed by atoms with Crippen molar-refractivity contribution in [2.75, 3.05) is 0 Å². The van der Waals surface area contributed by atoms with Gasteiger partial charge in [0, 0.05) is 0 Å². The molecule has 0 aromatic carbocycles. The van der Waals surface area contributed by atoms with Crippen LogP contribution in [0.15, 0.2) is 0 Å². The third-order valence-electron chi connectivity index (χ3n) is 0. The molecule has 0 rings (SSSR count). The van der Waals surface area contributed by atoms with Gasteiger partial charge in [-0.3, -0.25) is 0 Å². The van der Waals surface area contributed by atoms with Gasteiger partial charge >= 0.3 is 32.7 Å². The Balaban J connectivity index is 2.32. The van der Waals surface area contributed by atoms with Crippen molar-refractivity contribution in [1.82, 2.24) is 0 Å². The van der Waals surface area contributed by atoms with E-state index in [1.54, 1.807) is 0 Å². The molecule has 0 heterocycles. The molecular formula is C3H9Ga. The molecule has 0 nitrogen and oxygen atoms in total. The van der Waals surface area contributed by atoms with Gasteiger partial charge in [-0.1, -0.05) is 0 Å². The summed E-state index contributed by atoms with van der Waals surface area (Å²) >= 11 is -0.479. The van der Waals surface area contributed by atoms with Gasteiger partial charge in [0.1, 0.15) is 0 Å². The monoisotopic (exact) mass is 114 g/mol. The molecule has 0 fully saturated rings. The zero-order valence-corrected chi connectivity index (χ0v) is 6.00. The molecule has 0 saturated heterocycles. The van der Waals surface area contributed by atoms with Gasteiger partial charge in [-0.25, -0.2) is 0 Å². The van der Waals surface area contributed by atoms with Crippen molar-refractivity contribution in [3.63, 3.8) is 0 Å². The third kappa shape index (κ3) is 17.4. The van der Waals surface area contributed by atoms with E-state index in [1.165, 1.54) is 0 Å². The molecule has 0 unspecified atom stereocenters. The normalized spacial score (nSPS) is 6.75. The predicted octanol–water partition coefficient (Wildman–Crippen LogP) is 1.37. The summed E-state index contributed by atoms with van der Waals surface area (Å²) in [7, 11) is 0. The van der Waals surface area contributed by atoms with Gasteiger partial charge < -0.3 is 0 Å².